The average molecular weight is 552 g/mol. The van der Waals surface area contributed by atoms with Gasteiger partial charge in [-0.25, -0.2) is 0 Å². The van der Waals surface area contributed by atoms with E-state index >= 15 is 0 Å². The number of hydrogen-bond donors (Lipinski definition) is 1. The molecule has 2 unspecified atom stereocenters. The van der Waals surface area contributed by atoms with Crippen LogP contribution in [0.4, 0.5) is 5.69 Å². The first kappa shape index (κ1) is 28.4. The van der Waals surface area contributed by atoms with E-state index in [2.05, 4.69) is 6.92 Å². The Morgan fingerprint density at radius 1 is 0.975 bits per heavy atom. The molecule has 2 fully saturated rings. The van der Waals surface area contributed by atoms with Crippen molar-refractivity contribution in [2.24, 2.45) is 11.8 Å². The maximum Gasteiger partial charge on any atom is 0.249 e. The molecule has 7 atom stereocenters. The molecule has 4 heterocycles. The van der Waals surface area contributed by atoms with E-state index in [1.54, 1.807) is 16.7 Å². The highest BCUT2D eigenvalue weighted by Gasteiger charge is 2.75. The van der Waals surface area contributed by atoms with Gasteiger partial charge in [0.2, 0.25) is 17.7 Å². The molecule has 0 radical (unpaired) electrons. The monoisotopic (exact) mass is 551 g/mol. The second-order valence-corrected chi connectivity index (χ2v) is 11.6. The fourth-order valence-electron chi connectivity index (χ4n) is 7.13. The molecule has 216 valence electrons. The van der Waals surface area contributed by atoms with Gasteiger partial charge in [0.05, 0.1) is 36.7 Å². The summed E-state index contributed by atoms with van der Waals surface area (Å²) >= 11 is 0. The first-order valence-corrected chi connectivity index (χ1v) is 14.5. The minimum Gasteiger partial charge on any atom is -0.494 e. The van der Waals surface area contributed by atoms with Crippen LogP contribution in [-0.4, -0.2) is 88.3 Å². The van der Waals surface area contributed by atoms with Crippen LogP contribution in [0, 0.1) is 11.8 Å². The SMILES string of the molecule is CCCC(C)N1CC=C[C@]23O[C@]4(C)C=CCN(c5ccc(OCC)cc5)C(=O)[C@@H]4[C@H]2C(=O)N([C@H](C)CO)C3C1=O. The fraction of sp³-hybridized carbons (Fsp3) is 0.581. The Labute approximate surface area is 236 Å². The van der Waals surface area contributed by atoms with Gasteiger partial charge in [-0.2, -0.15) is 0 Å². The van der Waals surface area contributed by atoms with Gasteiger partial charge in [-0.05, 0) is 58.4 Å². The predicted octanol–water partition coefficient (Wildman–Crippen LogP) is 2.93. The topological polar surface area (TPSA) is 99.6 Å². The number of anilines is 1. The third-order valence-corrected chi connectivity index (χ3v) is 8.96. The van der Waals surface area contributed by atoms with Gasteiger partial charge in [0, 0.05) is 24.8 Å². The van der Waals surface area contributed by atoms with Crippen molar-refractivity contribution < 1.29 is 29.0 Å². The van der Waals surface area contributed by atoms with Crippen molar-refractivity contribution in [2.45, 2.75) is 76.8 Å². The Hall–Kier alpha value is -3.17. The van der Waals surface area contributed by atoms with Crippen LogP contribution in [0.1, 0.15) is 47.5 Å². The number of benzene rings is 1. The smallest absolute Gasteiger partial charge is 0.249 e. The average Bonchev–Trinajstić information content (AvgIpc) is 3.20. The molecule has 5 rings (SSSR count). The predicted molar refractivity (Wildman–Crippen MR) is 151 cm³/mol. The van der Waals surface area contributed by atoms with Crippen molar-refractivity contribution in [1.82, 2.24) is 9.80 Å². The number of fused-ring (bicyclic) bond motifs is 2. The number of amides is 3. The molecular weight excluding hydrogens is 510 g/mol. The van der Waals surface area contributed by atoms with Gasteiger partial charge in [0.25, 0.3) is 0 Å². The fourth-order valence-corrected chi connectivity index (χ4v) is 7.13. The molecule has 2 saturated heterocycles. The van der Waals surface area contributed by atoms with E-state index in [9.17, 15) is 19.5 Å². The molecule has 4 aliphatic heterocycles. The van der Waals surface area contributed by atoms with E-state index in [4.69, 9.17) is 9.47 Å². The molecule has 3 amide bonds. The maximum absolute atomic E-state index is 14.4. The third-order valence-electron chi connectivity index (χ3n) is 8.96. The Kier molecular flexibility index (Phi) is 7.56. The Balaban J connectivity index is 1.59. The summed E-state index contributed by atoms with van der Waals surface area (Å²) in [6.07, 6.45) is 9.28. The van der Waals surface area contributed by atoms with Crippen molar-refractivity contribution in [2.75, 3.05) is 31.2 Å². The molecule has 0 aliphatic carbocycles. The van der Waals surface area contributed by atoms with E-state index in [0.717, 1.165) is 12.8 Å². The van der Waals surface area contributed by atoms with Crippen LogP contribution in [0.3, 0.4) is 0 Å². The Morgan fingerprint density at radius 3 is 2.33 bits per heavy atom. The quantitative estimate of drug-likeness (QED) is 0.499. The molecule has 9 nitrogen and oxygen atoms in total. The molecule has 0 bridgehead atoms. The molecule has 1 aromatic carbocycles. The Bertz CT molecular complexity index is 1210. The number of nitrogens with zero attached hydrogens (tertiary/aromatic N) is 3. The molecule has 1 spiro atoms. The minimum absolute atomic E-state index is 0.0307. The number of aliphatic hydroxyl groups is 1. The van der Waals surface area contributed by atoms with Gasteiger partial charge in [-0.1, -0.05) is 37.6 Å². The second-order valence-electron chi connectivity index (χ2n) is 11.6. The Morgan fingerprint density at radius 2 is 1.68 bits per heavy atom. The van der Waals surface area contributed by atoms with Gasteiger partial charge in [-0.3, -0.25) is 14.4 Å². The lowest BCUT2D eigenvalue weighted by Gasteiger charge is -2.40. The van der Waals surface area contributed by atoms with Crippen LogP contribution in [0.5, 0.6) is 5.75 Å². The highest BCUT2D eigenvalue weighted by atomic mass is 16.5. The normalized spacial score (nSPS) is 32.9. The number of carbonyl (C=O) groups excluding carboxylic acids is 3. The first-order chi connectivity index (χ1) is 19.1. The van der Waals surface area contributed by atoms with Crippen molar-refractivity contribution in [1.29, 1.82) is 0 Å². The van der Waals surface area contributed by atoms with Crippen LogP contribution in [0.2, 0.25) is 0 Å². The van der Waals surface area contributed by atoms with Crippen LogP contribution in [-0.2, 0) is 19.1 Å². The summed E-state index contributed by atoms with van der Waals surface area (Å²) in [6.45, 7) is 10.5. The van der Waals surface area contributed by atoms with Crippen LogP contribution in [0.25, 0.3) is 0 Å². The number of ether oxygens (including phenoxy) is 2. The third kappa shape index (κ3) is 4.25. The summed E-state index contributed by atoms with van der Waals surface area (Å²) in [5.41, 5.74) is -1.74. The van der Waals surface area contributed by atoms with Crippen LogP contribution < -0.4 is 9.64 Å². The maximum atomic E-state index is 14.4. The first-order valence-electron chi connectivity index (χ1n) is 14.5. The van der Waals surface area contributed by atoms with Crippen molar-refractivity contribution in [3.8, 4) is 5.75 Å². The van der Waals surface area contributed by atoms with E-state index in [1.165, 1.54) is 4.90 Å². The summed E-state index contributed by atoms with van der Waals surface area (Å²) < 4.78 is 12.4. The zero-order valence-electron chi connectivity index (χ0n) is 24.1. The number of rotatable bonds is 8. The highest BCUT2D eigenvalue weighted by molar-refractivity contribution is 6.04. The second kappa shape index (κ2) is 10.7. The van der Waals surface area contributed by atoms with E-state index in [1.807, 2.05) is 69.3 Å². The van der Waals surface area contributed by atoms with Crippen molar-refractivity contribution in [3.63, 3.8) is 0 Å². The highest BCUT2D eigenvalue weighted by Crippen LogP contribution is 2.58. The largest absolute Gasteiger partial charge is 0.494 e. The molecule has 1 aromatic rings. The van der Waals surface area contributed by atoms with Crippen LogP contribution >= 0.6 is 0 Å². The van der Waals surface area contributed by atoms with E-state index < -0.39 is 35.1 Å². The van der Waals surface area contributed by atoms with Gasteiger partial charge < -0.3 is 29.3 Å². The summed E-state index contributed by atoms with van der Waals surface area (Å²) in [5, 5.41) is 10.1. The molecule has 40 heavy (non-hydrogen) atoms. The van der Waals surface area contributed by atoms with Gasteiger partial charge in [0.1, 0.15) is 17.4 Å². The molecule has 4 aliphatic rings. The summed E-state index contributed by atoms with van der Waals surface area (Å²) in [7, 11) is 0. The number of hydrogen-bond acceptors (Lipinski definition) is 6. The lowest BCUT2D eigenvalue weighted by Crippen LogP contribution is -2.59. The van der Waals surface area contributed by atoms with Crippen molar-refractivity contribution in [3.05, 3.63) is 48.6 Å². The molecule has 1 N–H and O–H groups in total. The lowest BCUT2D eigenvalue weighted by atomic mass is 9.74. The van der Waals surface area contributed by atoms with Gasteiger partial charge in [0.15, 0.2) is 0 Å². The summed E-state index contributed by atoms with van der Waals surface area (Å²) in [4.78, 5) is 48.0. The van der Waals surface area contributed by atoms with Gasteiger partial charge >= 0.3 is 0 Å². The van der Waals surface area contributed by atoms with Crippen molar-refractivity contribution >= 4 is 23.4 Å². The van der Waals surface area contributed by atoms with E-state index in [-0.39, 0.29) is 30.4 Å². The molecular formula is C31H41N3O6. The number of carbonyl (C=O) groups is 3. The summed E-state index contributed by atoms with van der Waals surface area (Å²) in [5.74, 6) is -1.84. The number of likely N-dealkylation sites (tertiary alicyclic amines) is 1. The molecule has 0 aromatic heterocycles. The summed E-state index contributed by atoms with van der Waals surface area (Å²) in [6, 6.07) is 5.71. The minimum atomic E-state index is -1.33. The van der Waals surface area contributed by atoms with E-state index in [0.29, 0.717) is 31.1 Å². The lowest BCUT2D eigenvalue weighted by molar-refractivity contribution is -0.155. The molecule has 0 saturated carbocycles. The molecule has 9 heteroatoms. The zero-order valence-corrected chi connectivity index (χ0v) is 24.1. The zero-order chi connectivity index (χ0) is 28.8. The number of aliphatic hydroxyl groups excluding tert-OH is 1. The standard InChI is InChI=1S/C31H41N3O6/c1-6-10-20(3)32-17-9-16-31-25(28(37)34(21(4)19-35)26(31)29(32)38)24-27(36)33(18-8-15-30(24,5)40-31)22-11-13-23(14-12-22)39-7-2/h8-9,11-16,20-21,24-26,35H,6-7,10,17-19H2,1-5H3/t20?,21-,24+,25+,26?,30-,31+/m1/s1. The van der Waals surface area contributed by atoms with Crippen LogP contribution in [0.15, 0.2) is 48.6 Å². The van der Waals surface area contributed by atoms with Gasteiger partial charge in [-0.15, -0.1) is 0 Å².